The third kappa shape index (κ3) is 2.89. The minimum atomic E-state index is 0.204. The van der Waals surface area contributed by atoms with Crippen LogP contribution in [0.2, 0.25) is 0 Å². The highest BCUT2D eigenvalue weighted by Crippen LogP contribution is 2.39. The van der Waals surface area contributed by atoms with Gasteiger partial charge in [-0.25, -0.2) is 0 Å². The highest BCUT2D eigenvalue weighted by molar-refractivity contribution is 5.06. The second-order valence-corrected chi connectivity index (χ2v) is 7.80. The van der Waals surface area contributed by atoms with Crippen molar-refractivity contribution in [2.24, 2.45) is 11.1 Å². The Kier molecular flexibility index (Phi) is 3.79. The summed E-state index contributed by atoms with van der Waals surface area (Å²) in [6.45, 7) is 12.4. The van der Waals surface area contributed by atoms with Crippen LogP contribution in [0.3, 0.4) is 0 Å². The molecule has 2 rings (SSSR count). The number of rotatable bonds is 4. The Labute approximate surface area is 113 Å². The molecule has 1 aliphatic carbocycles. The summed E-state index contributed by atoms with van der Waals surface area (Å²) in [5.74, 6) is 0. The van der Waals surface area contributed by atoms with Gasteiger partial charge in [-0.05, 0) is 38.6 Å². The van der Waals surface area contributed by atoms with Crippen molar-refractivity contribution in [3.05, 3.63) is 0 Å². The number of nitrogens with zero attached hydrogens (tertiary/aromatic N) is 2. The van der Waals surface area contributed by atoms with E-state index in [4.69, 9.17) is 5.73 Å². The summed E-state index contributed by atoms with van der Waals surface area (Å²) in [6, 6.07) is 1.56. The first-order chi connectivity index (χ1) is 8.27. The van der Waals surface area contributed by atoms with Crippen LogP contribution in [0.1, 0.15) is 47.0 Å². The van der Waals surface area contributed by atoms with Crippen LogP contribution < -0.4 is 5.73 Å². The first-order valence-electron chi connectivity index (χ1n) is 7.44. The average Bonchev–Trinajstić information content (AvgIpc) is 3.01. The fraction of sp³-hybridized carbons (Fsp3) is 1.00. The lowest BCUT2D eigenvalue weighted by Gasteiger charge is -2.41. The smallest absolute Gasteiger partial charge is 0.0470 e. The quantitative estimate of drug-likeness (QED) is 0.831. The predicted octanol–water partition coefficient (Wildman–Crippen LogP) is 1.92. The van der Waals surface area contributed by atoms with Gasteiger partial charge >= 0.3 is 0 Å². The molecule has 2 unspecified atom stereocenters. The third-order valence-electron chi connectivity index (χ3n) is 4.64. The molecule has 2 aliphatic rings. The normalized spacial score (nSPS) is 34.5. The molecule has 0 bridgehead atoms. The average molecular weight is 253 g/mol. The maximum absolute atomic E-state index is 6.17. The minimum absolute atomic E-state index is 0.204. The molecule has 0 aromatic heterocycles. The van der Waals surface area contributed by atoms with Gasteiger partial charge in [-0.3, -0.25) is 9.80 Å². The van der Waals surface area contributed by atoms with Gasteiger partial charge in [0, 0.05) is 37.3 Å². The van der Waals surface area contributed by atoms with Gasteiger partial charge < -0.3 is 5.73 Å². The summed E-state index contributed by atoms with van der Waals surface area (Å²) in [5, 5.41) is 0. The van der Waals surface area contributed by atoms with Gasteiger partial charge in [0.2, 0.25) is 0 Å². The van der Waals surface area contributed by atoms with Crippen LogP contribution >= 0.6 is 0 Å². The molecule has 1 saturated carbocycles. The second-order valence-electron chi connectivity index (χ2n) is 7.80. The first-order valence-corrected chi connectivity index (χ1v) is 7.44. The van der Waals surface area contributed by atoms with Crippen molar-refractivity contribution in [3.8, 4) is 0 Å². The molecule has 0 aromatic rings. The van der Waals surface area contributed by atoms with Crippen LogP contribution in [0.4, 0.5) is 0 Å². The Bertz CT molecular complexity index is 293. The van der Waals surface area contributed by atoms with Gasteiger partial charge in [-0.2, -0.15) is 0 Å². The van der Waals surface area contributed by atoms with E-state index in [9.17, 15) is 0 Å². The predicted molar refractivity (Wildman–Crippen MR) is 77.7 cm³/mol. The van der Waals surface area contributed by atoms with E-state index in [1.807, 2.05) is 0 Å². The Morgan fingerprint density at radius 1 is 1.33 bits per heavy atom. The highest BCUT2D eigenvalue weighted by atomic mass is 15.3. The van der Waals surface area contributed by atoms with Gasteiger partial charge in [-0.1, -0.05) is 20.8 Å². The molecule has 0 amide bonds. The molecular formula is C15H31N3. The summed E-state index contributed by atoms with van der Waals surface area (Å²) in [4.78, 5) is 5.23. The van der Waals surface area contributed by atoms with Gasteiger partial charge in [0.25, 0.3) is 0 Å². The van der Waals surface area contributed by atoms with Gasteiger partial charge in [-0.15, -0.1) is 0 Å². The van der Waals surface area contributed by atoms with E-state index in [0.29, 0.717) is 11.5 Å². The molecule has 18 heavy (non-hydrogen) atoms. The Hall–Kier alpha value is -0.120. The first kappa shape index (κ1) is 14.3. The van der Waals surface area contributed by atoms with Crippen LogP contribution in [0, 0.1) is 5.41 Å². The van der Waals surface area contributed by atoms with Crippen LogP contribution in [-0.2, 0) is 0 Å². The molecule has 2 fully saturated rings. The topological polar surface area (TPSA) is 32.5 Å². The molecule has 1 aliphatic heterocycles. The van der Waals surface area contributed by atoms with Crippen molar-refractivity contribution in [2.45, 2.75) is 64.6 Å². The van der Waals surface area contributed by atoms with Crippen LogP contribution in [0.5, 0.6) is 0 Å². The van der Waals surface area contributed by atoms with Crippen molar-refractivity contribution in [2.75, 3.05) is 26.7 Å². The van der Waals surface area contributed by atoms with Crippen LogP contribution in [0.15, 0.2) is 0 Å². The zero-order valence-corrected chi connectivity index (χ0v) is 12.9. The molecule has 2 atom stereocenters. The van der Waals surface area contributed by atoms with Gasteiger partial charge in [0.05, 0.1) is 0 Å². The largest absolute Gasteiger partial charge is 0.329 e. The zero-order chi connectivity index (χ0) is 13.6. The molecule has 3 nitrogen and oxygen atoms in total. The number of likely N-dealkylation sites (tertiary alicyclic amines) is 1. The minimum Gasteiger partial charge on any atom is -0.329 e. The molecule has 0 radical (unpaired) electrons. The summed E-state index contributed by atoms with van der Waals surface area (Å²) >= 11 is 0. The Morgan fingerprint density at radius 3 is 2.39 bits per heavy atom. The van der Waals surface area contributed by atoms with E-state index in [-0.39, 0.29) is 5.54 Å². The third-order valence-corrected chi connectivity index (χ3v) is 4.64. The monoisotopic (exact) mass is 253 g/mol. The van der Waals surface area contributed by atoms with Crippen molar-refractivity contribution in [3.63, 3.8) is 0 Å². The van der Waals surface area contributed by atoms with Crippen molar-refractivity contribution in [1.82, 2.24) is 9.80 Å². The van der Waals surface area contributed by atoms with Crippen LogP contribution in [-0.4, -0.2) is 54.1 Å². The van der Waals surface area contributed by atoms with E-state index >= 15 is 0 Å². The summed E-state index contributed by atoms with van der Waals surface area (Å²) in [6.07, 6.45) is 4.02. The van der Waals surface area contributed by atoms with Gasteiger partial charge in [0.15, 0.2) is 0 Å². The molecule has 106 valence electrons. The molecule has 3 heteroatoms. The summed E-state index contributed by atoms with van der Waals surface area (Å²) < 4.78 is 0. The maximum Gasteiger partial charge on any atom is 0.0470 e. The summed E-state index contributed by atoms with van der Waals surface area (Å²) in [7, 11) is 2.27. The van der Waals surface area contributed by atoms with Gasteiger partial charge in [0.1, 0.15) is 0 Å². The Balaban J connectivity index is 2.06. The van der Waals surface area contributed by atoms with E-state index in [1.54, 1.807) is 0 Å². The number of nitrogens with two attached hydrogens (primary N) is 1. The number of hydrogen-bond acceptors (Lipinski definition) is 3. The lowest BCUT2D eigenvalue weighted by atomic mass is 9.89. The molecule has 2 N–H and O–H groups in total. The van der Waals surface area contributed by atoms with E-state index < -0.39 is 0 Å². The lowest BCUT2D eigenvalue weighted by molar-refractivity contribution is 0.0898. The molecule has 0 spiro atoms. The van der Waals surface area contributed by atoms with E-state index in [1.165, 1.54) is 25.8 Å². The zero-order valence-electron chi connectivity index (χ0n) is 12.9. The van der Waals surface area contributed by atoms with Crippen molar-refractivity contribution in [1.29, 1.82) is 0 Å². The van der Waals surface area contributed by atoms with E-state index in [2.05, 4.69) is 44.5 Å². The highest BCUT2D eigenvalue weighted by Gasteiger charge is 2.48. The van der Waals surface area contributed by atoms with E-state index in [0.717, 1.165) is 19.1 Å². The van der Waals surface area contributed by atoms with Crippen molar-refractivity contribution >= 4 is 0 Å². The fourth-order valence-electron chi connectivity index (χ4n) is 3.58. The molecule has 1 saturated heterocycles. The van der Waals surface area contributed by atoms with Crippen molar-refractivity contribution < 1.29 is 0 Å². The number of likely N-dealkylation sites (N-methyl/N-ethyl adjacent to an activating group) is 1. The second kappa shape index (κ2) is 4.77. The fourth-order valence-corrected chi connectivity index (χ4v) is 3.58. The standard InChI is InChI=1S/C15H31N3/c1-12-8-15(9-16,11-18(12)13-6-7-13)17(5)10-14(2,3)4/h12-13H,6-11,16H2,1-5H3. The molecule has 1 heterocycles. The maximum atomic E-state index is 6.17. The molecular weight excluding hydrogens is 222 g/mol. The Morgan fingerprint density at radius 2 is 1.94 bits per heavy atom. The summed E-state index contributed by atoms with van der Waals surface area (Å²) in [5.41, 5.74) is 6.71. The number of hydrogen-bond donors (Lipinski definition) is 1. The van der Waals surface area contributed by atoms with Crippen LogP contribution in [0.25, 0.3) is 0 Å². The molecule has 0 aromatic carbocycles. The lowest BCUT2D eigenvalue weighted by Crippen LogP contribution is -2.56. The SMILES string of the molecule is CC1CC(CN)(N(C)CC(C)(C)C)CN1C1CC1.